The van der Waals surface area contributed by atoms with E-state index in [1.165, 1.54) is 15.9 Å². The number of rotatable bonds is 5. The Labute approximate surface area is 175 Å². The number of anilines is 1. The van der Waals surface area contributed by atoms with Crippen LogP contribution in [0.3, 0.4) is 0 Å². The van der Waals surface area contributed by atoms with Crippen molar-refractivity contribution in [3.63, 3.8) is 0 Å². The summed E-state index contributed by atoms with van der Waals surface area (Å²) < 4.78 is 1.48. The number of amides is 1. The Morgan fingerprint density at radius 3 is 2.62 bits per heavy atom. The molecule has 0 saturated carbocycles. The molecule has 4 rings (SSSR count). The molecule has 0 spiro atoms. The standard InChI is InChI=1S/C21H17ClN4O2S/c1-2-26-20(28)15-5-3-4-6-16(15)23-21(26)25-24-19(27)18-12-11-17(29-18)13-7-9-14(22)10-8-13/h3-12H,2H2,1H3,(H,23,25)(H,24,27). The molecule has 2 aromatic heterocycles. The number of benzene rings is 2. The second-order valence-corrected chi connectivity index (χ2v) is 7.77. The first-order chi connectivity index (χ1) is 14.1. The molecule has 0 bridgehead atoms. The third-order valence-corrected chi connectivity index (χ3v) is 5.81. The van der Waals surface area contributed by atoms with E-state index < -0.39 is 0 Å². The van der Waals surface area contributed by atoms with Crippen LogP contribution in [0.1, 0.15) is 16.6 Å². The monoisotopic (exact) mass is 424 g/mol. The lowest BCUT2D eigenvalue weighted by Gasteiger charge is -2.13. The summed E-state index contributed by atoms with van der Waals surface area (Å²) in [5.41, 5.74) is 6.83. The predicted molar refractivity (Wildman–Crippen MR) is 118 cm³/mol. The number of thiophene rings is 1. The van der Waals surface area contributed by atoms with Crippen molar-refractivity contribution in [2.24, 2.45) is 0 Å². The lowest BCUT2D eigenvalue weighted by Crippen LogP contribution is -2.34. The minimum atomic E-state index is -0.305. The van der Waals surface area contributed by atoms with Gasteiger partial charge < -0.3 is 0 Å². The normalized spacial score (nSPS) is 10.8. The number of halogens is 1. The fourth-order valence-electron chi connectivity index (χ4n) is 2.96. The van der Waals surface area contributed by atoms with Gasteiger partial charge in [-0.2, -0.15) is 0 Å². The van der Waals surface area contributed by atoms with E-state index in [9.17, 15) is 9.59 Å². The molecule has 29 heavy (non-hydrogen) atoms. The smallest absolute Gasteiger partial charge is 0.277 e. The lowest BCUT2D eigenvalue weighted by molar-refractivity contribution is 0.0966. The second kappa shape index (κ2) is 8.06. The predicted octanol–water partition coefficient (Wildman–Crippen LogP) is 4.56. The molecular weight excluding hydrogens is 408 g/mol. The van der Waals surface area contributed by atoms with Crippen LogP contribution in [0.5, 0.6) is 0 Å². The van der Waals surface area contributed by atoms with E-state index in [1.54, 1.807) is 24.3 Å². The third-order valence-electron chi connectivity index (χ3n) is 4.42. The van der Waals surface area contributed by atoms with Crippen LogP contribution in [0.4, 0.5) is 5.95 Å². The number of fused-ring (bicyclic) bond motifs is 1. The number of para-hydroxylation sites is 1. The molecule has 0 atom stereocenters. The summed E-state index contributed by atoms with van der Waals surface area (Å²) >= 11 is 7.29. The maximum Gasteiger partial charge on any atom is 0.279 e. The number of carbonyl (C=O) groups is 1. The summed E-state index contributed by atoms with van der Waals surface area (Å²) in [7, 11) is 0. The Morgan fingerprint density at radius 1 is 1.10 bits per heavy atom. The SMILES string of the molecule is CCn1c(NNC(=O)c2ccc(-c3ccc(Cl)cc3)s2)nc2ccccc2c1=O. The van der Waals surface area contributed by atoms with Crippen LogP contribution in [0.25, 0.3) is 21.3 Å². The Morgan fingerprint density at radius 2 is 1.86 bits per heavy atom. The van der Waals surface area contributed by atoms with Gasteiger partial charge in [0.05, 0.1) is 15.8 Å². The maximum absolute atomic E-state index is 12.6. The minimum Gasteiger partial charge on any atom is -0.277 e. The summed E-state index contributed by atoms with van der Waals surface area (Å²) in [6.45, 7) is 2.27. The van der Waals surface area contributed by atoms with Gasteiger partial charge in [-0.15, -0.1) is 11.3 Å². The zero-order valence-electron chi connectivity index (χ0n) is 15.5. The summed E-state index contributed by atoms with van der Waals surface area (Å²) in [4.78, 5) is 31.2. The summed E-state index contributed by atoms with van der Waals surface area (Å²) in [5.74, 6) is -0.0145. The van der Waals surface area contributed by atoms with Gasteiger partial charge >= 0.3 is 0 Å². The largest absolute Gasteiger partial charge is 0.279 e. The zero-order chi connectivity index (χ0) is 20.4. The number of nitrogens with one attached hydrogen (secondary N) is 2. The van der Waals surface area contributed by atoms with Gasteiger partial charge in [-0.05, 0) is 48.9 Å². The number of hydrazine groups is 1. The molecule has 146 valence electrons. The van der Waals surface area contributed by atoms with Crippen LogP contribution < -0.4 is 16.4 Å². The lowest BCUT2D eigenvalue weighted by atomic mass is 10.2. The van der Waals surface area contributed by atoms with Crippen LogP contribution in [-0.4, -0.2) is 15.5 Å². The molecule has 0 aliphatic heterocycles. The van der Waals surface area contributed by atoms with E-state index in [1.807, 2.05) is 43.3 Å². The van der Waals surface area contributed by atoms with Crippen molar-refractivity contribution < 1.29 is 4.79 Å². The summed E-state index contributed by atoms with van der Waals surface area (Å²) in [5, 5.41) is 1.20. The quantitative estimate of drug-likeness (QED) is 0.460. The van der Waals surface area contributed by atoms with Crippen LogP contribution in [0.2, 0.25) is 5.02 Å². The highest BCUT2D eigenvalue weighted by molar-refractivity contribution is 7.17. The molecule has 8 heteroatoms. The first-order valence-corrected chi connectivity index (χ1v) is 10.2. The molecule has 1 amide bonds. The molecule has 0 fully saturated rings. The topological polar surface area (TPSA) is 76.0 Å². The van der Waals surface area contributed by atoms with Crippen LogP contribution in [0.15, 0.2) is 65.5 Å². The van der Waals surface area contributed by atoms with Crippen molar-refractivity contribution >= 4 is 45.7 Å². The Kier molecular flexibility index (Phi) is 5.33. The molecule has 6 nitrogen and oxygen atoms in total. The first kappa shape index (κ1) is 19.2. The van der Waals surface area contributed by atoms with E-state index in [0.717, 1.165) is 10.4 Å². The maximum atomic E-state index is 12.6. The molecule has 2 heterocycles. The fraction of sp³-hybridized carbons (Fsp3) is 0.0952. The molecule has 0 aliphatic rings. The van der Waals surface area contributed by atoms with Crippen LogP contribution >= 0.6 is 22.9 Å². The summed E-state index contributed by atoms with van der Waals surface area (Å²) in [6, 6.07) is 18.2. The van der Waals surface area contributed by atoms with Gasteiger partial charge in [0.1, 0.15) is 0 Å². The Hall–Kier alpha value is -3.16. The molecular formula is C21H17ClN4O2S. The molecule has 0 radical (unpaired) electrons. The van der Waals surface area contributed by atoms with Gasteiger partial charge in [0.25, 0.3) is 11.5 Å². The molecule has 0 aliphatic carbocycles. The second-order valence-electron chi connectivity index (χ2n) is 6.25. The van der Waals surface area contributed by atoms with Gasteiger partial charge in [-0.3, -0.25) is 25.0 Å². The van der Waals surface area contributed by atoms with E-state index in [-0.39, 0.29) is 11.5 Å². The molecule has 2 aromatic carbocycles. The fourth-order valence-corrected chi connectivity index (χ4v) is 3.99. The van der Waals surface area contributed by atoms with Gasteiger partial charge in [0.2, 0.25) is 5.95 Å². The van der Waals surface area contributed by atoms with E-state index in [0.29, 0.717) is 33.3 Å². The number of carbonyl (C=O) groups excluding carboxylic acids is 1. The van der Waals surface area contributed by atoms with E-state index in [4.69, 9.17) is 11.6 Å². The molecule has 0 saturated heterocycles. The van der Waals surface area contributed by atoms with Crippen molar-refractivity contribution in [1.82, 2.24) is 15.0 Å². The van der Waals surface area contributed by atoms with Crippen molar-refractivity contribution in [3.8, 4) is 10.4 Å². The summed E-state index contributed by atoms with van der Waals surface area (Å²) in [6.07, 6.45) is 0. The number of nitrogens with zero attached hydrogens (tertiary/aromatic N) is 2. The van der Waals surface area contributed by atoms with Crippen LogP contribution in [0, 0.1) is 0 Å². The van der Waals surface area contributed by atoms with E-state index >= 15 is 0 Å². The molecule has 4 aromatic rings. The van der Waals surface area contributed by atoms with Crippen molar-refractivity contribution in [2.45, 2.75) is 13.5 Å². The average molecular weight is 425 g/mol. The van der Waals surface area contributed by atoms with E-state index in [2.05, 4.69) is 15.8 Å². The minimum absolute atomic E-state index is 0.156. The Bertz CT molecular complexity index is 1250. The van der Waals surface area contributed by atoms with Crippen molar-refractivity contribution in [3.05, 3.63) is 80.9 Å². The highest BCUT2D eigenvalue weighted by Crippen LogP contribution is 2.29. The zero-order valence-corrected chi connectivity index (χ0v) is 17.1. The number of aromatic nitrogens is 2. The van der Waals surface area contributed by atoms with Gasteiger partial charge in [-0.25, -0.2) is 4.98 Å². The molecule has 0 unspecified atom stereocenters. The number of hydrogen-bond donors (Lipinski definition) is 2. The Balaban J connectivity index is 1.54. The number of hydrogen-bond acceptors (Lipinski definition) is 5. The first-order valence-electron chi connectivity index (χ1n) is 8.98. The van der Waals surface area contributed by atoms with Crippen molar-refractivity contribution in [2.75, 3.05) is 5.43 Å². The van der Waals surface area contributed by atoms with Crippen molar-refractivity contribution in [1.29, 1.82) is 0 Å². The van der Waals surface area contributed by atoms with Gasteiger partial charge in [0, 0.05) is 16.4 Å². The highest BCUT2D eigenvalue weighted by atomic mass is 35.5. The highest BCUT2D eigenvalue weighted by Gasteiger charge is 2.13. The third kappa shape index (κ3) is 3.87. The average Bonchev–Trinajstić information content (AvgIpc) is 3.23. The van der Waals surface area contributed by atoms with Crippen LogP contribution in [-0.2, 0) is 6.54 Å². The molecule has 2 N–H and O–H groups in total. The van der Waals surface area contributed by atoms with Gasteiger partial charge in [-0.1, -0.05) is 35.9 Å². The van der Waals surface area contributed by atoms with Gasteiger partial charge in [0.15, 0.2) is 0 Å².